The quantitative estimate of drug-likeness (QED) is 0.689. The van der Waals surface area contributed by atoms with Gasteiger partial charge in [-0.1, -0.05) is 23.2 Å². The SMILES string of the molecule is CN(C)c1ccc(C(=O)N2CCC3(CC2)CC(=O)c2cc(Cl)cc(Cl)c2O3)cc1. The van der Waals surface area contributed by atoms with Gasteiger partial charge in [0.05, 0.1) is 17.0 Å². The fraction of sp³-hybridized carbons (Fsp3) is 0.364. The lowest BCUT2D eigenvalue weighted by atomic mass is 9.82. The van der Waals surface area contributed by atoms with Gasteiger partial charge in [0.2, 0.25) is 0 Å². The van der Waals surface area contributed by atoms with Gasteiger partial charge in [0.25, 0.3) is 5.91 Å². The van der Waals surface area contributed by atoms with Crippen molar-refractivity contribution in [3.05, 3.63) is 57.6 Å². The van der Waals surface area contributed by atoms with Crippen molar-refractivity contribution in [2.45, 2.75) is 24.9 Å². The number of piperidine rings is 1. The smallest absolute Gasteiger partial charge is 0.253 e. The molecule has 2 aliphatic rings. The van der Waals surface area contributed by atoms with Gasteiger partial charge in [0.1, 0.15) is 11.4 Å². The molecule has 0 saturated carbocycles. The van der Waals surface area contributed by atoms with Gasteiger partial charge >= 0.3 is 0 Å². The number of Topliss-reactive ketones (excluding diaryl/α,β-unsaturated/α-hetero) is 1. The molecule has 0 bridgehead atoms. The number of hydrogen-bond acceptors (Lipinski definition) is 4. The highest BCUT2D eigenvalue weighted by atomic mass is 35.5. The summed E-state index contributed by atoms with van der Waals surface area (Å²) in [6.45, 7) is 1.06. The lowest BCUT2D eigenvalue weighted by Gasteiger charge is -2.44. The van der Waals surface area contributed by atoms with Crippen LogP contribution in [0.15, 0.2) is 36.4 Å². The number of hydrogen-bond donors (Lipinski definition) is 0. The van der Waals surface area contributed by atoms with Crippen molar-refractivity contribution in [3.63, 3.8) is 0 Å². The molecule has 1 saturated heterocycles. The number of anilines is 1. The van der Waals surface area contributed by atoms with Gasteiger partial charge in [-0.15, -0.1) is 0 Å². The Kier molecular flexibility index (Phi) is 5.21. The van der Waals surface area contributed by atoms with Crippen LogP contribution in [0.4, 0.5) is 5.69 Å². The number of halogens is 2. The van der Waals surface area contributed by atoms with E-state index >= 15 is 0 Å². The van der Waals surface area contributed by atoms with Gasteiger partial charge in [-0.2, -0.15) is 0 Å². The second-order valence-corrected chi connectivity index (χ2v) is 8.73. The molecule has 7 heteroatoms. The van der Waals surface area contributed by atoms with E-state index in [1.54, 1.807) is 12.1 Å². The molecule has 2 aromatic rings. The maximum Gasteiger partial charge on any atom is 0.253 e. The summed E-state index contributed by atoms with van der Waals surface area (Å²) in [5, 5.41) is 0.766. The van der Waals surface area contributed by atoms with Crippen molar-refractivity contribution < 1.29 is 14.3 Å². The molecule has 0 atom stereocenters. The van der Waals surface area contributed by atoms with Crippen LogP contribution in [-0.4, -0.2) is 49.4 Å². The second-order valence-electron chi connectivity index (χ2n) is 7.88. The van der Waals surface area contributed by atoms with E-state index < -0.39 is 5.60 Å². The van der Waals surface area contributed by atoms with Crippen LogP contribution >= 0.6 is 23.2 Å². The normalized spacial score (nSPS) is 17.7. The molecule has 4 rings (SSSR count). The Bertz CT molecular complexity index is 965. The van der Waals surface area contributed by atoms with Gasteiger partial charge < -0.3 is 14.5 Å². The molecular weight excluding hydrogens is 411 g/mol. The van der Waals surface area contributed by atoms with Crippen LogP contribution in [-0.2, 0) is 0 Å². The number of benzene rings is 2. The molecule has 152 valence electrons. The van der Waals surface area contributed by atoms with Crippen LogP contribution in [0.2, 0.25) is 10.0 Å². The van der Waals surface area contributed by atoms with Crippen LogP contribution in [0.25, 0.3) is 0 Å². The minimum absolute atomic E-state index is 0.00231. The molecule has 1 amide bonds. The lowest BCUT2D eigenvalue weighted by Crippen LogP contribution is -2.52. The van der Waals surface area contributed by atoms with Crippen LogP contribution < -0.4 is 9.64 Å². The third-order valence-electron chi connectivity index (χ3n) is 5.70. The zero-order valence-electron chi connectivity index (χ0n) is 16.4. The highest BCUT2D eigenvalue weighted by molar-refractivity contribution is 6.36. The largest absolute Gasteiger partial charge is 0.484 e. The maximum absolute atomic E-state index is 12.9. The number of nitrogens with zero attached hydrogens (tertiary/aromatic N) is 2. The molecule has 2 heterocycles. The first-order chi connectivity index (χ1) is 13.8. The van der Waals surface area contributed by atoms with Gasteiger partial charge in [0, 0.05) is 56.3 Å². The first-order valence-electron chi connectivity index (χ1n) is 9.56. The van der Waals surface area contributed by atoms with Crippen molar-refractivity contribution in [2.75, 3.05) is 32.1 Å². The van der Waals surface area contributed by atoms with Gasteiger partial charge in [0.15, 0.2) is 5.78 Å². The van der Waals surface area contributed by atoms with Crippen molar-refractivity contribution in [1.82, 2.24) is 4.90 Å². The molecule has 1 fully saturated rings. The molecule has 0 aliphatic carbocycles. The molecule has 2 aromatic carbocycles. The van der Waals surface area contributed by atoms with Crippen LogP contribution in [0, 0.1) is 0 Å². The average Bonchev–Trinajstić information content (AvgIpc) is 2.69. The Balaban J connectivity index is 1.48. The van der Waals surface area contributed by atoms with E-state index in [1.165, 1.54) is 0 Å². The predicted molar refractivity (Wildman–Crippen MR) is 115 cm³/mol. The Hall–Kier alpha value is -2.24. The van der Waals surface area contributed by atoms with E-state index in [1.807, 2.05) is 48.2 Å². The molecule has 0 unspecified atom stereocenters. The highest BCUT2D eigenvalue weighted by Crippen LogP contribution is 2.44. The average molecular weight is 433 g/mol. The number of carbonyl (C=O) groups is 2. The monoisotopic (exact) mass is 432 g/mol. The van der Waals surface area contributed by atoms with E-state index in [2.05, 4.69) is 0 Å². The molecular formula is C22H22Cl2N2O3. The summed E-state index contributed by atoms with van der Waals surface area (Å²) < 4.78 is 6.24. The van der Waals surface area contributed by atoms with Crippen LogP contribution in [0.3, 0.4) is 0 Å². The summed E-state index contributed by atoms with van der Waals surface area (Å²) in [6.07, 6.45) is 1.44. The Morgan fingerprint density at radius 1 is 1.10 bits per heavy atom. The van der Waals surface area contributed by atoms with Gasteiger partial charge in [-0.05, 0) is 36.4 Å². The molecule has 29 heavy (non-hydrogen) atoms. The summed E-state index contributed by atoms with van der Waals surface area (Å²) in [4.78, 5) is 29.4. The van der Waals surface area contributed by atoms with E-state index in [0.717, 1.165) is 5.69 Å². The summed E-state index contributed by atoms with van der Waals surface area (Å²) >= 11 is 12.3. The molecule has 5 nitrogen and oxygen atoms in total. The van der Waals surface area contributed by atoms with Gasteiger partial charge in [-0.25, -0.2) is 0 Å². The molecule has 0 radical (unpaired) electrons. The fourth-order valence-electron chi connectivity index (χ4n) is 3.99. The van der Waals surface area contributed by atoms with Crippen LogP contribution in [0.5, 0.6) is 5.75 Å². The molecule has 2 aliphatic heterocycles. The zero-order chi connectivity index (χ0) is 20.8. The third kappa shape index (κ3) is 3.81. The first kappa shape index (κ1) is 20.0. The zero-order valence-corrected chi connectivity index (χ0v) is 17.9. The Morgan fingerprint density at radius 3 is 2.38 bits per heavy atom. The molecule has 1 spiro atoms. The maximum atomic E-state index is 12.9. The van der Waals surface area contributed by atoms with Gasteiger partial charge in [-0.3, -0.25) is 9.59 Å². The highest BCUT2D eigenvalue weighted by Gasteiger charge is 2.44. The summed E-state index contributed by atoms with van der Waals surface area (Å²) in [5.74, 6) is 0.388. The van der Waals surface area contributed by atoms with E-state index in [4.69, 9.17) is 27.9 Å². The number of ketones is 1. The van der Waals surface area contributed by atoms with Crippen LogP contribution in [0.1, 0.15) is 40.0 Å². The standard InChI is InChI=1S/C22H22Cl2N2O3/c1-25(2)16-5-3-14(4-6-16)21(28)26-9-7-22(8-10-26)13-19(27)17-11-15(23)12-18(24)20(17)29-22/h3-6,11-12H,7-10,13H2,1-2H3. The Morgan fingerprint density at radius 2 is 1.76 bits per heavy atom. The number of amides is 1. The van der Waals surface area contributed by atoms with Crippen molar-refractivity contribution in [1.29, 1.82) is 0 Å². The topological polar surface area (TPSA) is 49.9 Å². The number of rotatable bonds is 2. The predicted octanol–water partition coefficient (Wildman–Crippen LogP) is 4.70. The number of fused-ring (bicyclic) bond motifs is 1. The van der Waals surface area contributed by atoms with Crippen molar-refractivity contribution in [2.24, 2.45) is 0 Å². The summed E-state index contributed by atoms with van der Waals surface area (Å²) in [5.41, 5.74) is 1.53. The lowest BCUT2D eigenvalue weighted by molar-refractivity contribution is -0.00564. The third-order valence-corrected chi connectivity index (χ3v) is 6.20. The second kappa shape index (κ2) is 7.54. The van der Waals surface area contributed by atoms with E-state index in [-0.39, 0.29) is 18.1 Å². The van der Waals surface area contributed by atoms with Crippen molar-refractivity contribution in [3.8, 4) is 5.75 Å². The number of ether oxygens (including phenoxy) is 1. The Labute approximate surface area is 180 Å². The first-order valence-corrected chi connectivity index (χ1v) is 10.3. The number of likely N-dealkylation sites (tertiary alicyclic amines) is 1. The van der Waals surface area contributed by atoms with Crippen molar-refractivity contribution >= 4 is 40.6 Å². The minimum Gasteiger partial charge on any atom is -0.484 e. The minimum atomic E-state index is -0.618. The number of carbonyl (C=O) groups excluding carboxylic acids is 2. The van der Waals surface area contributed by atoms with E-state index in [0.29, 0.717) is 52.9 Å². The summed E-state index contributed by atoms with van der Waals surface area (Å²) in [7, 11) is 3.93. The molecule has 0 N–H and O–H groups in total. The molecule has 0 aromatic heterocycles. The van der Waals surface area contributed by atoms with E-state index in [9.17, 15) is 9.59 Å². The fourth-order valence-corrected chi connectivity index (χ4v) is 4.52. The summed E-state index contributed by atoms with van der Waals surface area (Å²) in [6, 6.07) is 10.8.